The van der Waals surface area contributed by atoms with Crippen LogP contribution in [0.2, 0.25) is 0 Å². The van der Waals surface area contributed by atoms with E-state index in [0.29, 0.717) is 17.8 Å². The predicted molar refractivity (Wildman–Crippen MR) is 105 cm³/mol. The highest BCUT2D eigenvalue weighted by atomic mass is 16.2. The first kappa shape index (κ1) is 20.4. The fourth-order valence-electron chi connectivity index (χ4n) is 2.17. The number of pyridine rings is 1. The summed E-state index contributed by atoms with van der Waals surface area (Å²) >= 11 is 0. The number of anilines is 2. The SMILES string of the molecule is CC(=O)Nc1cc(C#Cc2ccc(CNC(=O)NN)cc2)cnc1NC(C)=O. The van der Waals surface area contributed by atoms with Gasteiger partial charge in [-0.1, -0.05) is 24.0 Å². The third-order valence-electron chi connectivity index (χ3n) is 3.38. The third kappa shape index (κ3) is 6.44. The molecule has 28 heavy (non-hydrogen) atoms. The number of amides is 4. The van der Waals surface area contributed by atoms with E-state index in [-0.39, 0.29) is 17.6 Å². The molecule has 9 heteroatoms. The average molecular weight is 380 g/mol. The van der Waals surface area contributed by atoms with E-state index in [0.717, 1.165) is 11.1 Å². The minimum absolute atomic E-state index is 0.256. The Hall–Kier alpha value is -3.90. The maximum Gasteiger partial charge on any atom is 0.329 e. The predicted octanol–water partition coefficient (Wildman–Crippen LogP) is 1.07. The smallest absolute Gasteiger partial charge is 0.329 e. The summed E-state index contributed by atoms with van der Waals surface area (Å²) in [6.45, 7) is 3.06. The first-order valence-electron chi connectivity index (χ1n) is 8.28. The summed E-state index contributed by atoms with van der Waals surface area (Å²) in [5.74, 6) is 10.6. The summed E-state index contributed by atoms with van der Waals surface area (Å²) in [5, 5.41) is 7.76. The van der Waals surface area contributed by atoms with Gasteiger partial charge >= 0.3 is 6.03 Å². The fraction of sp³-hybridized carbons (Fsp3) is 0.158. The van der Waals surface area contributed by atoms with Crippen LogP contribution in [0, 0.1) is 11.8 Å². The molecule has 0 atom stereocenters. The number of nitrogens with zero attached hydrogens (tertiary/aromatic N) is 1. The lowest BCUT2D eigenvalue weighted by Gasteiger charge is -2.09. The van der Waals surface area contributed by atoms with Crippen LogP contribution in [-0.2, 0) is 16.1 Å². The Morgan fingerprint density at radius 1 is 1.00 bits per heavy atom. The number of nitrogens with two attached hydrogens (primary N) is 1. The number of aromatic nitrogens is 1. The molecule has 0 spiro atoms. The van der Waals surface area contributed by atoms with Crippen LogP contribution in [-0.4, -0.2) is 22.8 Å². The topological polar surface area (TPSA) is 138 Å². The molecule has 144 valence electrons. The largest absolute Gasteiger partial charge is 0.333 e. The van der Waals surface area contributed by atoms with Crippen LogP contribution in [0.5, 0.6) is 0 Å². The molecule has 0 aliphatic rings. The molecule has 0 saturated heterocycles. The second-order valence-corrected chi connectivity index (χ2v) is 5.76. The van der Waals surface area contributed by atoms with Crippen LogP contribution in [0.3, 0.4) is 0 Å². The van der Waals surface area contributed by atoms with Gasteiger partial charge in [0.15, 0.2) is 5.82 Å². The number of rotatable bonds is 4. The van der Waals surface area contributed by atoms with E-state index in [2.05, 4.69) is 32.8 Å². The molecule has 2 rings (SSSR count). The average Bonchev–Trinajstić information content (AvgIpc) is 2.66. The van der Waals surface area contributed by atoms with E-state index in [1.807, 2.05) is 29.7 Å². The lowest BCUT2D eigenvalue weighted by atomic mass is 10.1. The van der Waals surface area contributed by atoms with Gasteiger partial charge in [0.05, 0.1) is 5.69 Å². The highest BCUT2D eigenvalue weighted by Crippen LogP contribution is 2.20. The van der Waals surface area contributed by atoms with Gasteiger partial charge in [-0.15, -0.1) is 0 Å². The van der Waals surface area contributed by atoms with Gasteiger partial charge in [0.25, 0.3) is 0 Å². The van der Waals surface area contributed by atoms with Crippen molar-refractivity contribution in [2.24, 2.45) is 5.84 Å². The van der Waals surface area contributed by atoms with E-state index >= 15 is 0 Å². The number of hydrogen-bond acceptors (Lipinski definition) is 5. The maximum absolute atomic E-state index is 11.4. The highest BCUT2D eigenvalue weighted by Gasteiger charge is 2.08. The second-order valence-electron chi connectivity index (χ2n) is 5.76. The summed E-state index contributed by atoms with van der Waals surface area (Å²) in [6.07, 6.45) is 1.51. The van der Waals surface area contributed by atoms with Gasteiger partial charge in [0, 0.05) is 37.7 Å². The molecule has 1 aromatic heterocycles. The van der Waals surface area contributed by atoms with Crippen LogP contribution < -0.4 is 27.2 Å². The van der Waals surface area contributed by atoms with Crippen LogP contribution in [0.25, 0.3) is 0 Å². The van der Waals surface area contributed by atoms with Crippen LogP contribution in [0.4, 0.5) is 16.3 Å². The van der Waals surface area contributed by atoms with Crippen molar-refractivity contribution in [1.29, 1.82) is 0 Å². The maximum atomic E-state index is 11.4. The molecule has 1 heterocycles. The number of hydrazine groups is 1. The minimum Gasteiger partial charge on any atom is -0.333 e. The molecule has 6 N–H and O–H groups in total. The summed E-state index contributed by atoms with van der Waals surface area (Å²) in [4.78, 5) is 37.8. The minimum atomic E-state index is -0.464. The molecular formula is C19H20N6O3. The van der Waals surface area contributed by atoms with Crippen molar-refractivity contribution in [2.45, 2.75) is 20.4 Å². The summed E-state index contributed by atoms with van der Waals surface area (Å²) in [6, 6.07) is 8.48. The van der Waals surface area contributed by atoms with Crippen molar-refractivity contribution in [3.63, 3.8) is 0 Å². The molecule has 0 aliphatic heterocycles. The highest BCUT2D eigenvalue weighted by molar-refractivity contribution is 5.97. The molecule has 2 aromatic rings. The molecule has 1 aromatic carbocycles. The molecule has 0 saturated carbocycles. The van der Waals surface area contributed by atoms with Gasteiger partial charge in [-0.3, -0.25) is 15.0 Å². The summed E-state index contributed by atoms with van der Waals surface area (Å²) in [5.41, 5.74) is 4.58. The van der Waals surface area contributed by atoms with E-state index in [1.165, 1.54) is 20.0 Å². The molecule has 0 unspecified atom stereocenters. The van der Waals surface area contributed by atoms with Gasteiger partial charge < -0.3 is 16.0 Å². The Kier molecular flexibility index (Phi) is 7.07. The van der Waals surface area contributed by atoms with Crippen molar-refractivity contribution in [3.05, 3.63) is 53.2 Å². The summed E-state index contributed by atoms with van der Waals surface area (Å²) < 4.78 is 0. The normalized spacial score (nSPS) is 9.54. The Morgan fingerprint density at radius 2 is 1.64 bits per heavy atom. The first-order chi connectivity index (χ1) is 13.4. The number of carbonyl (C=O) groups excluding carboxylic acids is 3. The van der Waals surface area contributed by atoms with Crippen LogP contribution in [0.1, 0.15) is 30.5 Å². The molecule has 0 bridgehead atoms. The van der Waals surface area contributed by atoms with Crippen LogP contribution >= 0.6 is 0 Å². The van der Waals surface area contributed by atoms with E-state index in [9.17, 15) is 14.4 Å². The van der Waals surface area contributed by atoms with E-state index in [1.54, 1.807) is 6.07 Å². The van der Waals surface area contributed by atoms with Gasteiger partial charge in [-0.2, -0.15) is 0 Å². The Bertz CT molecular complexity index is 944. The van der Waals surface area contributed by atoms with Crippen molar-refractivity contribution in [3.8, 4) is 11.8 Å². The monoisotopic (exact) mass is 380 g/mol. The standard InChI is InChI=1S/C19H20N6O3/c1-12(26)23-17-9-16(11-21-18(17)24-13(2)27)8-5-14-3-6-15(7-4-14)10-22-19(28)25-20/h3-4,6-7,9,11H,10,20H2,1-2H3,(H,23,26)(H,21,24,27)(H2,22,25,28). The number of carbonyl (C=O) groups is 3. The van der Waals surface area contributed by atoms with Crippen molar-refractivity contribution in [1.82, 2.24) is 15.7 Å². The van der Waals surface area contributed by atoms with Gasteiger partial charge in [0.1, 0.15) is 0 Å². The summed E-state index contributed by atoms with van der Waals surface area (Å²) in [7, 11) is 0. The lowest BCUT2D eigenvalue weighted by Crippen LogP contribution is -2.39. The molecular weight excluding hydrogens is 360 g/mol. The molecule has 0 fully saturated rings. The molecule has 0 aliphatic carbocycles. The number of hydrogen-bond donors (Lipinski definition) is 5. The van der Waals surface area contributed by atoms with Gasteiger partial charge in [-0.25, -0.2) is 15.6 Å². The Morgan fingerprint density at radius 3 is 2.25 bits per heavy atom. The fourth-order valence-corrected chi connectivity index (χ4v) is 2.17. The third-order valence-corrected chi connectivity index (χ3v) is 3.38. The zero-order valence-electron chi connectivity index (χ0n) is 15.4. The Balaban J connectivity index is 2.15. The Labute approximate surface area is 162 Å². The number of urea groups is 1. The van der Waals surface area contributed by atoms with Crippen molar-refractivity contribution >= 4 is 29.4 Å². The van der Waals surface area contributed by atoms with Gasteiger partial charge in [-0.05, 0) is 23.8 Å². The van der Waals surface area contributed by atoms with E-state index < -0.39 is 6.03 Å². The van der Waals surface area contributed by atoms with Gasteiger partial charge in [0.2, 0.25) is 11.8 Å². The number of nitrogens with one attached hydrogen (secondary N) is 4. The quantitative estimate of drug-likeness (QED) is 0.234. The zero-order valence-corrected chi connectivity index (χ0v) is 15.4. The van der Waals surface area contributed by atoms with E-state index in [4.69, 9.17) is 5.84 Å². The molecule has 4 amide bonds. The lowest BCUT2D eigenvalue weighted by molar-refractivity contribution is -0.115. The first-order valence-corrected chi connectivity index (χ1v) is 8.28. The molecule has 0 radical (unpaired) electrons. The van der Waals surface area contributed by atoms with Crippen molar-refractivity contribution in [2.75, 3.05) is 10.6 Å². The number of benzene rings is 1. The zero-order chi connectivity index (χ0) is 20.5. The second kappa shape index (κ2) is 9.70. The molecule has 9 nitrogen and oxygen atoms in total. The van der Waals surface area contributed by atoms with Crippen LogP contribution in [0.15, 0.2) is 36.5 Å². The van der Waals surface area contributed by atoms with Crippen molar-refractivity contribution < 1.29 is 14.4 Å².